The van der Waals surface area contributed by atoms with E-state index in [0.717, 1.165) is 23.3 Å². The molecule has 58 valence electrons. The van der Waals surface area contributed by atoms with E-state index in [4.69, 9.17) is 0 Å². The molecule has 3 nitrogen and oxygen atoms in total. The largest absolute Gasteiger partial charge is 0.329 e. The second-order valence-corrected chi connectivity index (χ2v) is 4.00. The number of carbonyl (C=O) groups is 1. The van der Waals surface area contributed by atoms with Gasteiger partial charge in [0.15, 0.2) is 0 Å². The summed E-state index contributed by atoms with van der Waals surface area (Å²) in [6.45, 7) is 0. The van der Waals surface area contributed by atoms with E-state index in [1.807, 2.05) is 0 Å². The fourth-order valence-electron chi connectivity index (χ4n) is 0.558. The van der Waals surface area contributed by atoms with Gasteiger partial charge in [0.05, 0.1) is 11.8 Å². The number of rotatable bonds is 0. The Hall–Kier alpha value is -0.0300. The summed E-state index contributed by atoms with van der Waals surface area (Å²) in [5.41, 5.74) is 0. The van der Waals surface area contributed by atoms with E-state index in [1.54, 1.807) is 23.5 Å². The molecule has 5 heteroatoms. The SMILES string of the molecule is O=C1NCSCCSCN1. The maximum absolute atomic E-state index is 10.7. The smallest absolute Gasteiger partial charge is 0.316 e. The van der Waals surface area contributed by atoms with Gasteiger partial charge in [-0.2, -0.15) is 0 Å². The van der Waals surface area contributed by atoms with Crippen molar-refractivity contribution in [1.29, 1.82) is 0 Å². The minimum atomic E-state index is -0.0538. The van der Waals surface area contributed by atoms with Crippen molar-refractivity contribution < 1.29 is 4.79 Å². The van der Waals surface area contributed by atoms with E-state index < -0.39 is 0 Å². The van der Waals surface area contributed by atoms with Crippen LogP contribution in [0.3, 0.4) is 0 Å². The van der Waals surface area contributed by atoms with Gasteiger partial charge in [-0.05, 0) is 0 Å². The van der Waals surface area contributed by atoms with Gasteiger partial charge < -0.3 is 10.6 Å². The van der Waals surface area contributed by atoms with E-state index in [0.29, 0.717) is 0 Å². The first-order valence-corrected chi connectivity index (χ1v) is 5.38. The van der Waals surface area contributed by atoms with Crippen LogP contribution in [0.2, 0.25) is 0 Å². The van der Waals surface area contributed by atoms with Gasteiger partial charge >= 0.3 is 6.03 Å². The molecule has 0 aromatic carbocycles. The third kappa shape index (κ3) is 3.22. The summed E-state index contributed by atoms with van der Waals surface area (Å²) in [6, 6.07) is -0.0538. The molecule has 0 atom stereocenters. The topological polar surface area (TPSA) is 41.1 Å². The summed E-state index contributed by atoms with van der Waals surface area (Å²) < 4.78 is 0. The van der Waals surface area contributed by atoms with Crippen LogP contribution in [0.1, 0.15) is 0 Å². The molecule has 10 heavy (non-hydrogen) atoms. The molecule has 0 bridgehead atoms. The number of nitrogens with one attached hydrogen (secondary N) is 2. The molecule has 1 fully saturated rings. The first-order valence-electron chi connectivity index (χ1n) is 3.07. The van der Waals surface area contributed by atoms with Gasteiger partial charge in [0.2, 0.25) is 0 Å². The molecule has 2 amide bonds. The summed E-state index contributed by atoms with van der Waals surface area (Å²) in [5, 5.41) is 5.45. The molecule has 0 unspecified atom stereocenters. The average molecular weight is 178 g/mol. The van der Waals surface area contributed by atoms with Crippen molar-refractivity contribution in [2.75, 3.05) is 23.3 Å². The van der Waals surface area contributed by atoms with Gasteiger partial charge in [-0.1, -0.05) is 0 Å². The molecule has 0 radical (unpaired) electrons. The number of amides is 2. The molecule has 0 aromatic heterocycles. The van der Waals surface area contributed by atoms with Crippen molar-refractivity contribution >= 4 is 29.6 Å². The third-order valence-electron chi connectivity index (χ3n) is 1.04. The van der Waals surface area contributed by atoms with E-state index >= 15 is 0 Å². The molecule has 0 spiro atoms. The number of urea groups is 1. The molecule has 1 heterocycles. The van der Waals surface area contributed by atoms with E-state index in [2.05, 4.69) is 10.6 Å². The Morgan fingerprint density at radius 2 is 1.60 bits per heavy atom. The summed E-state index contributed by atoms with van der Waals surface area (Å²) in [6.07, 6.45) is 0. The van der Waals surface area contributed by atoms with Gasteiger partial charge in [0.1, 0.15) is 0 Å². The van der Waals surface area contributed by atoms with E-state index in [-0.39, 0.29) is 6.03 Å². The predicted octanol–water partition coefficient (Wildman–Crippen LogP) is 0.681. The van der Waals surface area contributed by atoms with Crippen molar-refractivity contribution in [1.82, 2.24) is 10.6 Å². The fourth-order valence-corrected chi connectivity index (χ4v) is 2.26. The second kappa shape index (κ2) is 4.73. The van der Waals surface area contributed by atoms with Crippen LogP contribution in [-0.4, -0.2) is 29.3 Å². The molecule has 1 saturated heterocycles. The summed E-state index contributed by atoms with van der Waals surface area (Å²) in [4.78, 5) is 10.7. The van der Waals surface area contributed by atoms with Crippen LogP contribution in [0, 0.1) is 0 Å². The van der Waals surface area contributed by atoms with Gasteiger partial charge in [-0.15, -0.1) is 23.5 Å². The van der Waals surface area contributed by atoms with Crippen molar-refractivity contribution in [3.63, 3.8) is 0 Å². The van der Waals surface area contributed by atoms with Gasteiger partial charge in [0.25, 0.3) is 0 Å². The van der Waals surface area contributed by atoms with Crippen molar-refractivity contribution in [3.05, 3.63) is 0 Å². The van der Waals surface area contributed by atoms with Crippen molar-refractivity contribution in [3.8, 4) is 0 Å². The van der Waals surface area contributed by atoms with Crippen LogP contribution in [0.4, 0.5) is 4.79 Å². The molecule has 1 aliphatic rings. The minimum Gasteiger partial charge on any atom is -0.329 e. The highest BCUT2D eigenvalue weighted by Gasteiger charge is 2.00. The van der Waals surface area contributed by atoms with E-state index in [1.165, 1.54) is 0 Å². The fraction of sp³-hybridized carbons (Fsp3) is 0.800. The molecular formula is C5H10N2OS2. The summed E-state index contributed by atoms with van der Waals surface area (Å²) >= 11 is 3.51. The monoisotopic (exact) mass is 178 g/mol. The Kier molecular flexibility index (Phi) is 3.82. The average Bonchev–Trinajstić information content (AvgIpc) is 2.02. The summed E-state index contributed by atoms with van der Waals surface area (Å²) in [5.74, 6) is 3.69. The predicted molar refractivity (Wildman–Crippen MR) is 46.3 cm³/mol. The quantitative estimate of drug-likeness (QED) is 0.573. The van der Waals surface area contributed by atoms with Crippen molar-refractivity contribution in [2.24, 2.45) is 0 Å². The number of hydrogen-bond acceptors (Lipinski definition) is 3. The Morgan fingerprint density at radius 1 is 1.10 bits per heavy atom. The zero-order valence-corrected chi connectivity index (χ0v) is 7.19. The first-order chi connectivity index (χ1) is 4.89. The Morgan fingerprint density at radius 3 is 2.10 bits per heavy atom. The molecule has 2 N–H and O–H groups in total. The van der Waals surface area contributed by atoms with Gasteiger partial charge in [-0.3, -0.25) is 0 Å². The van der Waals surface area contributed by atoms with Crippen LogP contribution in [-0.2, 0) is 0 Å². The lowest BCUT2D eigenvalue weighted by atomic mass is 10.9. The Balaban J connectivity index is 2.21. The zero-order valence-electron chi connectivity index (χ0n) is 5.55. The molecular weight excluding hydrogens is 168 g/mol. The maximum Gasteiger partial charge on any atom is 0.316 e. The van der Waals surface area contributed by atoms with E-state index in [9.17, 15) is 4.79 Å². The highest BCUT2D eigenvalue weighted by atomic mass is 32.2. The number of thioether (sulfide) groups is 2. The van der Waals surface area contributed by atoms with Crippen LogP contribution in [0.5, 0.6) is 0 Å². The Labute approximate surface area is 68.7 Å². The van der Waals surface area contributed by atoms with Crippen LogP contribution >= 0.6 is 23.5 Å². The number of hydrogen-bond donors (Lipinski definition) is 2. The van der Waals surface area contributed by atoms with Gasteiger partial charge in [-0.25, -0.2) is 4.79 Å². The first kappa shape index (κ1) is 8.07. The highest BCUT2D eigenvalue weighted by Crippen LogP contribution is 2.05. The van der Waals surface area contributed by atoms with Crippen LogP contribution in [0.15, 0.2) is 0 Å². The normalized spacial score (nSPS) is 21.4. The van der Waals surface area contributed by atoms with Crippen molar-refractivity contribution in [2.45, 2.75) is 0 Å². The lowest BCUT2D eigenvalue weighted by molar-refractivity contribution is 0.244. The molecule has 1 aliphatic heterocycles. The lowest BCUT2D eigenvalue weighted by Crippen LogP contribution is -2.34. The van der Waals surface area contributed by atoms with Gasteiger partial charge in [0, 0.05) is 11.5 Å². The molecule has 0 aliphatic carbocycles. The molecule has 1 rings (SSSR count). The number of carbonyl (C=O) groups excluding carboxylic acids is 1. The second-order valence-electron chi connectivity index (χ2n) is 1.79. The zero-order chi connectivity index (χ0) is 7.23. The maximum atomic E-state index is 10.7. The minimum absolute atomic E-state index is 0.0538. The Bertz CT molecular complexity index is 108. The molecule has 0 aromatic rings. The summed E-state index contributed by atoms with van der Waals surface area (Å²) in [7, 11) is 0. The van der Waals surface area contributed by atoms with Crippen LogP contribution < -0.4 is 10.6 Å². The lowest BCUT2D eigenvalue weighted by Gasteiger charge is -2.01. The van der Waals surface area contributed by atoms with Crippen LogP contribution in [0.25, 0.3) is 0 Å². The molecule has 0 saturated carbocycles. The third-order valence-corrected chi connectivity index (χ3v) is 2.98. The standard InChI is InChI=1S/C5H10N2OS2/c8-5-6-3-9-1-2-10-4-7-5/h1-4H2,(H2,6,7,8). The highest BCUT2D eigenvalue weighted by molar-refractivity contribution is 8.02.